The average molecular weight is 690 g/mol. The Morgan fingerprint density at radius 2 is 0.796 bits per heavy atom. The molecule has 0 atom stereocenters. The minimum Gasteiger partial charge on any atom is -0.309 e. The highest BCUT2D eigenvalue weighted by atomic mass is 15.0. The molecule has 54 heavy (non-hydrogen) atoms. The molecule has 0 radical (unpaired) electrons. The zero-order valence-corrected chi connectivity index (χ0v) is 29.1. The fraction of sp³-hybridized carbons (Fsp3) is 0. The minimum atomic E-state index is 0.636. The van der Waals surface area contributed by atoms with Crippen LogP contribution in [-0.2, 0) is 0 Å². The molecule has 0 unspecified atom stereocenters. The van der Waals surface area contributed by atoms with Gasteiger partial charge in [0.05, 0.1) is 22.1 Å². The molecule has 0 bridgehead atoms. The summed E-state index contributed by atoms with van der Waals surface area (Å²) in [7, 11) is 0. The van der Waals surface area contributed by atoms with Crippen molar-refractivity contribution in [2.24, 2.45) is 0 Å². The van der Waals surface area contributed by atoms with Gasteiger partial charge >= 0.3 is 0 Å². The molecule has 11 rings (SSSR count). The highest BCUT2D eigenvalue weighted by Crippen LogP contribution is 2.43. The molecule has 3 aromatic heterocycles. The van der Waals surface area contributed by atoms with Crippen molar-refractivity contribution in [1.29, 1.82) is 0 Å². The molecule has 252 valence electrons. The standard InChI is InChI=1S/C49H31N5/c1-4-15-33(16-5-1)47-50-48(34-17-6-2-7-18-34)52-49(51-47)35-24-27-37(28-25-35)53-42-23-13-12-22-39(42)40-30-31-43-44(46(40)53)41-29-26-32-14-10-11-21-38(32)45(41)54(43)36-19-8-3-9-20-36/h1-31H. The summed E-state index contributed by atoms with van der Waals surface area (Å²) in [6, 6.07) is 66.2. The van der Waals surface area contributed by atoms with Gasteiger partial charge in [-0.3, -0.25) is 0 Å². The van der Waals surface area contributed by atoms with Crippen molar-refractivity contribution >= 4 is 54.4 Å². The quantitative estimate of drug-likeness (QED) is 0.181. The second-order valence-electron chi connectivity index (χ2n) is 13.6. The number of para-hydroxylation sites is 2. The number of nitrogens with zero attached hydrogens (tertiary/aromatic N) is 5. The highest BCUT2D eigenvalue weighted by Gasteiger charge is 2.22. The molecule has 11 aromatic rings. The number of benzene rings is 8. The van der Waals surface area contributed by atoms with E-state index in [1.54, 1.807) is 0 Å². The molecular formula is C49H31N5. The molecule has 8 aromatic carbocycles. The summed E-state index contributed by atoms with van der Waals surface area (Å²) in [5.74, 6) is 1.93. The van der Waals surface area contributed by atoms with Gasteiger partial charge in [0.2, 0.25) is 0 Å². The van der Waals surface area contributed by atoms with Crippen LogP contribution in [-0.4, -0.2) is 24.1 Å². The van der Waals surface area contributed by atoms with E-state index < -0.39 is 0 Å². The minimum absolute atomic E-state index is 0.636. The average Bonchev–Trinajstić information content (AvgIpc) is 3.78. The van der Waals surface area contributed by atoms with E-state index in [4.69, 9.17) is 15.0 Å². The third-order valence-electron chi connectivity index (χ3n) is 10.5. The van der Waals surface area contributed by atoms with Crippen LogP contribution in [0.1, 0.15) is 0 Å². The van der Waals surface area contributed by atoms with Crippen LogP contribution in [0.5, 0.6) is 0 Å². The molecule has 0 amide bonds. The van der Waals surface area contributed by atoms with E-state index in [-0.39, 0.29) is 0 Å². The molecule has 0 aliphatic heterocycles. The normalized spacial score (nSPS) is 11.7. The van der Waals surface area contributed by atoms with Gasteiger partial charge in [0, 0.05) is 55.0 Å². The highest BCUT2D eigenvalue weighted by molar-refractivity contribution is 6.29. The molecule has 0 aliphatic carbocycles. The number of aromatic nitrogens is 5. The lowest BCUT2D eigenvalue weighted by atomic mass is 10.0. The van der Waals surface area contributed by atoms with Crippen LogP contribution in [0.25, 0.3) is 99.9 Å². The summed E-state index contributed by atoms with van der Waals surface area (Å²) in [6.45, 7) is 0. The predicted octanol–water partition coefficient (Wildman–Crippen LogP) is 12.2. The Bertz CT molecular complexity index is 3120. The van der Waals surface area contributed by atoms with E-state index in [9.17, 15) is 0 Å². The van der Waals surface area contributed by atoms with E-state index in [0.717, 1.165) is 33.6 Å². The Hall–Kier alpha value is -7.37. The van der Waals surface area contributed by atoms with Gasteiger partial charge in [-0.25, -0.2) is 15.0 Å². The van der Waals surface area contributed by atoms with Crippen LogP contribution in [0.4, 0.5) is 0 Å². The molecule has 0 aliphatic rings. The summed E-state index contributed by atoms with van der Waals surface area (Å²) in [5, 5.41) is 7.36. The Balaban J connectivity index is 1.16. The number of hydrogen-bond donors (Lipinski definition) is 0. The van der Waals surface area contributed by atoms with Gasteiger partial charge in [-0.1, -0.05) is 140 Å². The first kappa shape index (κ1) is 30.3. The zero-order valence-electron chi connectivity index (χ0n) is 29.1. The van der Waals surface area contributed by atoms with Crippen molar-refractivity contribution in [3.63, 3.8) is 0 Å². The van der Waals surface area contributed by atoms with Crippen LogP contribution in [0.15, 0.2) is 188 Å². The van der Waals surface area contributed by atoms with Crippen molar-refractivity contribution in [1.82, 2.24) is 24.1 Å². The van der Waals surface area contributed by atoms with Crippen molar-refractivity contribution in [3.05, 3.63) is 188 Å². The van der Waals surface area contributed by atoms with Gasteiger partial charge in [0.1, 0.15) is 0 Å². The first-order chi connectivity index (χ1) is 26.8. The molecule has 3 heterocycles. The molecule has 0 fully saturated rings. The Morgan fingerprint density at radius 1 is 0.296 bits per heavy atom. The Labute approximate surface area is 311 Å². The lowest BCUT2D eigenvalue weighted by Crippen LogP contribution is -2.00. The number of rotatable bonds is 5. The third kappa shape index (κ3) is 4.69. The topological polar surface area (TPSA) is 48.5 Å². The van der Waals surface area contributed by atoms with Gasteiger partial charge in [-0.05, 0) is 53.9 Å². The smallest absolute Gasteiger partial charge is 0.164 e. The predicted molar refractivity (Wildman–Crippen MR) is 222 cm³/mol. The lowest BCUT2D eigenvalue weighted by Gasteiger charge is -2.12. The van der Waals surface area contributed by atoms with Gasteiger partial charge in [0.25, 0.3) is 0 Å². The molecule has 0 saturated carbocycles. The van der Waals surface area contributed by atoms with Crippen molar-refractivity contribution in [3.8, 4) is 45.5 Å². The molecule has 0 spiro atoms. The summed E-state index contributed by atoms with van der Waals surface area (Å²) in [4.78, 5) is 14.9. The Morgan fingerprint density at radius 3 is 1.46 bits per heavy atom. The van der Waals surface area contributed by atoms with Crippen LogP contribution >= 0.6 is 0 Å². The van der Waals surface area contributed by atoms with Crippen molar-refractivity contribution in [2.45, 2.75) is 0 Å². The van der Waals surface area contributed by atoms with Crippen molar-refractivity contribution in [2.75, 3.05) is 0 Å². The summed E-state index contributed by atoms with van der Waals surface area (Å²) < 4.78 is 4.87. The maximum absolute atomic E-state index is 4.99. The summed E-state index contributed by atoms with van der Waals surface area (Å²) in [6.07, 6.45) is 0. The maximum atomic E-state index is 4.99. The van der Waals surface area contributed by atoms with Gasteiger partial charge in [0.15, 0.2) is 17.5 Å². The van der Waals surface area contributed by atoms with Crippen LogP contribution < -0.4 is 0 Å². The van der Waals surface area contributed by atoms with Crippen LogP contribution in [0.2, 0.25) is 0 Å². The molecule has 0 N–H and O–H groups in total. The first-order valence-electron chi connectivity index (χ1n) is 18.2. The fourth-order valence-electron chi connectivity index (χ4n) is 8.13. The maximum Gasteiger partial charge on any atom is 0.164 e. The molecule has 5 nitrogen and oxygen atoms in total. The monoisotopic (exact) mass is 689 g/mol. The largest absolute Gasteiger partial charge is 0.309 e. The van der Waals surface area contributed by atoms with E-state index in [2.05, 4.69) is 137 Å². The van der Waals surface area contributed by atoms with Gasteiger partial charge in [-0.2, -0.15) is 0 Å². The first-order valence-corrected chi connectivity index (χ1v) is 18.2. The lowest BCUT2D eigenvalue weighted by molar-refractivity contribution is 1.07. The molecular weight excluding hydrogens is 659 g/mol. The molecule has 5 heteroatoms. The fourth-order valence-corrected chi connectivity index (χ4v) is 8.13. The third-order valence-corrected chi connectivity index (χ3v) is 10.5. The second-order valence-corrected chi connectivity index (χ2v) is 13.6. The van der Waals surface area contributed by atoms with E-state index >= 15 is 0 Å². The van der Waals surface area contributed by atoms with E-state index in [0.29, 0.717) is 17.5 Å². The van der Waals surface area contributed by atoms with E-state index in [1.165, 1.54) is 48.9 Å². The molecule has 0 saturated heterocycles. The van der Waals surface area contributed by atoms with Crippen LogP contribution in [0, 0.1) is 0 Å². The Kier molecular flexibility index (Phi) is 6.79. The SMILES string of the molecule is c1ccc(-c2nc(-c3ccccc3)nc(-c3ccc(-n4c5ccccc5c5ccc6c(c7ccc8ccccc8c7n6-c6ccccc6)c54)cc3)n2)cc1. The van der Waals surface area contributed by atoms with Gasteiger partial charge in [-0.15, -0.1) is 0 Å². The zero-order chi connectivity index (χ0) is 35.6. The number of fused-ring (bicyclic) bond motifs is 9. The summed E-state index contributed by atoms with van der Waals surface area (Å²) >= 11 is 0. The second kappa shape index (κ2) is 12.1. The van der Waals surface area contributed by atoms with E-state index in [1.807, 2.05) is 60.7 Å². The number of hydrogen-bond acceptors (Lipinski definition) is 3. The van der Waals surface area contributed by atoms with Gasteiger partial charge < -0.3 is 9.13 Å². The summed E-state index contributed by atoms with van der Waals surface area (Å²) in [5.41, 5.74) is 9.77. The van der Waals surface area contributed by atoms with Crippen LogP contribution in [0.3, 0.4) is 0 Å². The van der Waals surface area contributed by atoms with Crippen molar-refractivity contribution < 1.29 is 0 Å².